The molecular formula is C15H11BrO2. The maximum Gasteiger partial charge on any atom is 0.177 e. The number of rotatable bonds is 4. The highest BCUT2D eigenvalue weighted by atomic mass is 79.9. The molecule has 0 aromatic heterocycles. The van der Waals surface area contributed by atoms with Crippen LogP contribution < -0.4 is 0 Å². The third-order valence-electron chi connectivity index (χ3n) is 2.72. The molecule has 2 nitrogen and oxygen atoms in total. The Balaban J connectivity index is 2.39. The number of carbonyl (C=O) groups excluding carboxylic acids is 2. The van der Waals surface area contributed by atoms with Gasteiger partial charge in [0, 0.05) is 10.0 Å². The van der Waals surface area contributed by atoms with E-state index >= 15 is 0 Å². The summed E-state index contributed by atoms with van der Waals surface area (Å²) in [6.45, 7) is 0. The first-order valence-electron chi connectivity index (χ1n) is 5.53. The maximum absolute atomic E-state index is 12.3. The van der Waals surface area contributed by atoms with Crippen LogP contribution in [0.15, 0.2) is 59.1 Å². The van der Waals surface area contributed by atoms with Crippen LogP contribution in [0.5, 0.6) is 0 Å². The standard InChI is InChI=1S/C15H11BrO2/c16-14-9-5-4-8-12(14)13(10-17)15(18)11-6-2-1-3-7-11/h1-10,13H. The zero-order chi connectivity index (χ0) is 13.0. The van der Waals surface area contributed by atoms with Crippen molar-refractivity contribution in [1.82, 2.24) is 0 Å². The quantitative estimate of drug-likeness (QED) is 0.491. The Bertz CT molecular complexity index is 564. The molecule has 90 valence electrons. The predicted octanol–water partition coefficient (Wildman–Crippen LogP) is 3.61. The lowest BCUT2D eigenvalue weighted by atomic mass is 9.92. The van der Waals surface area contributed by atoms with Crippen LogP contribution in [0, 0.1) is 0 Å². The van der Waals surface area contributed by atoms with E-state index < -0.39 is 5.92 Å². The molecule has 0 aliphatic heterocycles. The molecule has 2 aromatic carbocycles. The Morgan fingerprint density at radius 1 is 1.00 bits per heavy atom. The predicted molar refractivity (Wildman–Crippen MR) is 73.7 cm³/mol. The van der Waals surface area contributed by atoms with Crippen molar-refractivity contribution in [2.24, 2.45) is 0 Å². The van der Waals surface area contributed by atoms with E-state index in [1.54, 1.807) is 30.3 Å². The van der Waals surface area contributed by atoms with Gasteiger partial charge in [-0.25, -0.2) is 0 Å². The summed E-state index contributed by atoms with van der Waals surface area (Å²) in [7, 11) is 0. The minimum absolute atomic E-state index is 0.183. The van der Waals surface area contributed by atoms with Crippen LogP contribution in [-0.4, -0.2) is 12.1 Å². The van der Waals surface area contributed by atoms with Crippen LogP contribution in [0.1, 0.15) is 21.8 Å². The molecule has 3 heteroatoms. The zero-order valence-corrected chi connectivity index (χ0v) is 11.1. The smallest absolute Gasteiger partial charge is 0.177 e. The fourth-order valence-electron chi connectivity index (χ4n) is 1.79. The fraction of sp³-hybridized carbons (Fsp3) is 0.0667. The molecule has 1 atom stereocenters. The summed E-state index contributed by atoms with van der Waals surface area (Å²) in [5, 5.41) is 0. The third-order valence-corrected chi connectivity index (χ3v) is 3.44. The number of ketones is 1. The first kappa shape index (κ1) is 12.7. The molecule has 0 saturated heterocycles. The van der Waals surface area contributed by atoms with E-state index in [4.69, 9.17) is 0 Å². The molecular weight excluding hydrogens is 292 g/mol. The maximum atomic E-state index is 12.3. The highest BCUT2D eigenvalue weighted by Crippen LogP contribution is 2.26. The van der Waals surface area contributed by atoms with Gasteiger partial charge in [-0.15, -0.1) is 0 Å². The van der Waals surface area contributed by atoms with Crippen LogP contribution in [0.2, 0.25) is 0 Å². The Kier molecular flexibility index (Phi) is 4.05. The van der Waals surface area contributed by atoms with Crippen molar-refractivity contribution < 1.29 is 9.59 Å². The molecule has 0 spiro atoms. The first-order chi connectivity index (χ1) is 8.74. The first-order valence-corrected chi connectivity index (χ1v) is 6.32. The van der Waals surface area contributed by atoms with Crippen molar-refractivity contribution in [2.45, 2.75) is 5.92 Å². The van der Waals surface area contributed by atoms with Crippen molar-refractivity contribution in [2.75, 3.05) is 0 Å². The van der Waals surface area contributed by atoms with E-state index in [1.165, 1.54) is 0 Å². The van der Waals surface area contributed by atoms with Gasteiger partial charge in [-0.1, -0.05) is 64.5 Å². The fourth-order valence-corrected chi connectivity index (χ4v) is 2.32. The second-order valence-corrected chi connectivity index (χ2v) is 4.72. The van der Waals surface area contributed by atoms with Crippen LogP contribution in [0.4, 0.5) is 0 Å². The van der Waals surface area contributed by atoms with Crippen LogP contribution >= 0.6 is 15.9 Å². The van der Waals surface area contributed by atoms with Gasteiger partial charge in [-0.2, -0.15) is 0 Å². The molecule has 0 aliphatic rings. The highest BCUT2D eigenvalue weighted by Gasteiger charge is 2.22. The van der Waals surface area contributed by atoms with Gasteiger partial charge in [0.2, 0.25) is 0 Å². The van der Waals surface area contributed by atoms with Crippen molar-refractivity contribution in [3.05, 3.63) is 70.2 Å². The summed E-state index contributed by atoms with van der Waals surface area (Å²) in [6.07, 6.45) is 0.690. The minimum Gasteiger partial charge on any atom is -0.302 e. The zero-order valence-electron chi connectivity index (χ0n) is 9.55. The highest BCUT2D eigenvalue weighted by molar-refractivity contribution is 9.10. The molecule has 0 amide bonds. The van der Waals surface area contributed by atoms with E-state index in [0.717, 1.165) is 4.47 Å². The lowest BCUT2D eigenvalue weighted by molar-refractivity contribution is -0.108. The van der Waals surface area contributed by atoms with Crippen LogP contribution in [0.3, 0.4) is 0 Å². The number of Topliss-reactive ketones (excluding diaryl/α,β-unsaturated/α-hetero) is 1. The average molecular weight is 303 g/mol. The monoisotopic (exact) mass is 302 g/mol. The summed E-state index contributed by atoms with van der Waals surface area (Å²) in [5.74, 6) is -0.944. The van der Waals surface area contributed by atoms with Gasteiger partial charge >= 0.3 is 0 Å². The van der Waals surface area contributed by atoms with Gasteiger partial charge in [-0.05, 0) is 11.6 Å². The van der Waals surface area contributed by atoms with Gasteiger partial charge in [0.25, 0.3) is 0 Å². The second-order valence-electron chi connectivity index (χ2n) is 3.87. The summed E-state index contributed by atoms with van der Waals surface area (Å²) in [5.41, 5.74) is 1.24. The van der Waals surface area contributed by atoms with Crippen LogP contribution in [-0.2, 0) is 4.79 Å². The van der Waals surface area contributed by atoms with E-state index in [-0.39, 0.29) is 5.78 Å². The molecule has 0 heterocycles. The molecule has 2 aromatic rings. The van der Waals surface area contributed by atoms with Gasteiger partial charge in [0.05, 0.1) is 0 Å². The average Bonchev–Trinajstić information content (AvgIpc) is 2.42. The molecule has 0 N–H and O–H groups in total. The van der Waals surface area contributed by atoms with Gasteiger partial charge in [-0.3, -0.25) is 4.79 Å². The van der Waals surface area contributed by atoms with Crippen molar-refractivity contribution in [1.29, 1.82) is 0 Å². The van der Waals surface area contributed by atoms with Crippen molar-refractivity contribution >= 4 is 28.0 Å². The normalized spacial score (nSPS) is 11.8. The van der Waals surface area contributed by atoms with Crippen LogP contribution in [0.25, 0.3) is 0 Å². The number of halogens is 1. The van der Waals surface area contributed by atoms with Gasteiger partial charge < -0.3 is 4.79 Å². The molecule has 0 radical (unpaired) electrons. The minimum atomic E-state index is -0.761. The van der Waals surface area contributed by atoms with Crippen molar-refractivity contribution in [3.8, 4) is 0 Å². The van der Waals surface area contributed by atoms with Crippen molar-refractivity contribution in [3.63, 3.8) is 0 Å². The lowest BCUT2D eigenvalue weighted by Crippen LogP contribution is -2.14. The van der Waals surface area contributed by atoms with E-state index in [9.17, 15) is 9.59 Å². The van der Waals surface area contributed by atoms with E-state index in [1.807, 2.05) is 24.3 Å². The van der Waals surface area contributed by atoms with E-state index in [2.05, 4.69) is 15.9 Å². The molecule has 0 aliphatic carbocycles. The molecule has 2 rings (SSSR count). The van der Waals surface area contributed by atoms with Gasteiger partial charge in [0.15, 0.2) is 5.78 Å². The summed E-state index contributed by atoms with van der Waals surface area (Å²) in [4.78, 5) is 23.5. The SMILES string of the molecule is O=CC(C(=O)c1ccccc1)c1ccccc1Br. The topological polar surface area (TPSA) is 34.1 Å². The molecule has 0 fully saturated rings. The number of hydrogen-bond donors (Lipinski definition) is 0. The molecule has 0 bridgehead atoms. The summed E-state index contributed by atoms with van der Waals surface area (Å²) in [6, 6.07) is 16.1. The molecule has 1 unspecified atom stereocenters. The number of hydrogen-bond acceptors (Lipinski definition) is 2. The number of carbonyl (C=O) groups is 2. The second kappa shape index (κ2) is 5.74. The Morgan fingerprint density at radius 2 is 1.61 bits per heavy atom. The number of benzene rings is 2. The van der Waals surface area contributed by atoms with Gasteiger partial charge in [0.1, 0.15) is 12.2 Å². The summed E-state index contributed by atoms with van der Waals surface area (Å²) >= 11 is 3.37. The third kappa shape index (κ3) is 2.57. The summed E-state index contributed by atoms with van der Waals surface area (Å²) < 4.78 is 0.770. The molecule has 18 heavy (non-hydrogen) atoms. The Labute approximate surface area is 114 Å². The number of aldehydes is 1. The largest absolute Gasteiger partial charge is 0.302 e. The lowest BCUT2D eigenvalue weighted by Gasteiger charge is -2.11. The Hall–Kier alpha value is -1.74. The Morgan fingerprint density at radius 3 is 2.22 bits per heavy atom. The molecule has 0 saturated carbocycles. The van der Waals surface area contributed by atoms with E-state index in [0.29, 0.717) is 17.4 Å².